The van der Waals surface area contributed by atoms with E-state index in [0.717, 1.165) is 18.2 Å². The molecule has 0 heterocycles. The fraction of sp³-hybridized carbons (Fsp3) is 0. The zero-order valence-corrected chi connectivity index (χ0v) is 34.8. The second-order valence-electron chi connectivity index (χ2n) is 13.1. The van der Waals surface area contributed by atoms with Crippen molar-refractivity contribution in [3.8, 4) is 11.1 Å². The maximum atomic E-state index is 13.9. The molecule has 0 amide bonds. The lowest BCUT2D eigenvalue weighted by molar-refractivity contribution is 0.105. The first kappa shape index (κ1) is 43.5. The number of azo groups is 1. The Morgan fingerprint density at radius 2 is 1.11 bits per heavy atom. The van der Waals surface area contributed by atoms with Crippen molar-refractivity contribution in [2.45, 2.75) is 4.90 Å². The van der Waals surface area contributed by atoms with Crippen LogP contribution in [0.5, 0.6) is 0 Å². The van der Waals surface area contributed by atoms with Gasteiger partial charge in [-0.25, -0.2) is 0 Å². The van der Waals surface area contributed by atoms with Crippen LogP contribution in [0, 0.1) is 0 Å². The van der Waals surface area contributed by atoms with Gasteiger partial charge in [-0.15, -0.1) is 10.2 Å². The number of carbonyl (C=O) groups is 2. The molecule has 0 saturated carbocycles. The van der Waals surface area contributed by atoms with E-state index in [1.807, 2.05) is 0 Å². The van der Waals surface area contributed by atoms with Crippen molar-refractivity contribution >= 4 is 123 Å². The Hall–Kier alpha value is -6.63. The molecule has 19 nitrogen and oxygen atoms in total. The number of hydrogen-bond acceptors (Lipinski definition) is 16. The second-order valence-corrected chi connectivity index (χ2v) is 18.2. The van der Waals surface area contributed by atoms with E-state index in [2.05, 4.69) is 31.3 Å². The van der Waals surface area contributed by atoms with Crippen molar-refractivity contribution in [1.82, 2.24) is 0 Å². The maximum Gasteiger partial charge on any atom is 0.296 e. The van der Waals surface area contributed by atoms with Crippen LogP contribution >= 0.6 is 23.2 Å². The highest BCUT2D eigenvalue weighted by Crippen LogP contribution is 2.41. The minimum atomic E-state index is -5.19. The number of carbonyl (C=O) groups excluding carboxylic acids is 2. The number of halogens is 2. The predicted molar refractivity (Wildman–Crippen MR) is 234 cm³/mol. The zero-order valence-electron chi connectivity index (χ0n) is 30.8. The van der Waals surface area contributed by atoms with Gasteiger partial charge < -0.3 is 11.5 Å². The Kier molecular flexibility index (Phi) is 11.4. The fourth-order valence-electron chi connectivity index (χ4n) is 6.14. The van der Waals surface area contributed by atoms with E-state index in [1.54, 1.807) is 36.4 Å². The first-order valence-electron chi connectivity index (χ1n) is 17.2. The Morgan fingerprint density at radius 3 is 1.65 bits per heavy atom. The molecular weight excluding hydrogens is 912 g/mol. The quantitative estimate of drug-likeness (QED) is 0.0313. The first-order chi connectivity index (χ1) is 29.1. The molecule has 62 heavy (non-hydrogen) atoms. The minimum absolute atomic E-state index is 0.0289. The maximum absolute atomic E-state index is 13.9. The van der Waals surface area contributed by atoms with Gasteiger partial charge in [0.1, 0.15) is 26.1 Å². The summed E-state index contributed by atoms with van der Waals surface area (Å²) in [6.45, 7) is 0. The van der Waals surface area contributed by atoms with Gasteiger partial charge in [0.05, 0.1) is 27.6 Å². The lowest BCUT2D eigenvalue weighted by Crippen LogP contribution is -2.28. The van der Waals surface area contributed by atoms with Crippen LogP contribution in [0.4, 0.5) is 34.1 Å². The Morgan fingerprint density at radius 1 is 0.581 bits per heavy atom. The number of nitrogens with one attached hydrogen (secondary N) is 2. The SMILES string of the molecule is Nc1ccc2c(c1)C=C(S(=O)(=O)O)/C(=N\Nc1ccc(-c3ccc(N/N=C4\C(=O)c5c(cc(S(=O)(=O)O)c(N=Nc6cc(Cl)ccc6Cl)c5N)C=C4S(=O)(=O)O)cc3)cc1)C2=O. The van der Waals surface area contributed by atoms with E-state index < -0.39 is 90.6 Å². The number of hydrazone groups is 2. The van der Waals surface area contributed by atoms with Gasteiger partial charge in [0.2, 0.25) is 11.6 Å². The average molecular weight is 938 g/mol. The van der Waals surface area contributed by atoms with Crippen LogP contribution in [0.2, 0.25) is 10.0 Å². The lowest BCUT2D eigenvalue weighted by atomic mass is 9.92. The third-order valence-electron chi connectivity index (χ3n) is 9.05. The number of hydrogen-bond donors (Lipinski definition) is 7. The van der Waals surface area contributed by atoms with Crippen LogP contribution in [-0.4, -0.2) is 61.9 Å². The van der Waals surface area contributed by atoms with E-state index >= 15 is 0 Å². The topological polar surface area (TPSA) is 323 Å². The highest BCUT2D eigenvalue weighted by Gasteiger charge is 2.37. The molecule has 316 valence electrons. The van der Waals surface area contributed by atoms with Gasteiger partial charge in [-0.05, 0) is 101 Å². The van der Waals surface area contributed by atoms with Crippen molar-refractivity contribution in [3.05, 3.63) is 133 Å². The molecule has 0 atom stereocenters. The number of nitrogens with zero attached hydrogens (tertiary/aromatic N) is 4. The number of benzene rings is 5. The Balaban J connectivity index is 1.13. The largest absolute Gasteiger partial charge is 0.399 e. The molecule has 0 fully saturated rings. The number of anilines is 4. The van der Waals surface area contributed by atoms with Crippen molar-refractivity contribution in [3.63, 3.8) is 0 Å². The molecule has 0 aliphatic heterocycles. The second kappa shape index (κ2) is 16.3. The third kappa shape index (κ3) is 8.88. The van der Waals surface area contributed by atoms with Gasteiger partial charge in [-0.3, -0.25) is 34.1 Å². The van der Waals surface area contributed by atoms with Crippen molar-refractivity contribution in [2.75, 3.05) is 22.3 Å². The van der Waals surface area contributed by atoms with Crippen molar-refractivity contribution in [1.29, 1.82) is 0 Å². The van der Waals surface area contributed by atoms with Crippen LogP contribution in [0.15, 0.2) is 126 Å². The highest BCUT2D eigenvalue weighted by atomic mass is 35.5. The van der Waals surface area contributed by atoms with Gasteiger partial charge in [-0.1, -0.05) is 47.5 Å². The predicted octanol–water partition coefficient (Wildman–Crippen LogP) is 7.27. The monoisotopic (exact) mass is 936 g/mol. The standard InChI is InChI=1S/C38H26Cl2N8O11S3/c39-22-5-12-27(40)28(17-22)45-46-34-29(60(51,52)53)15-21-16-31(62(57,58)59)36(38(50)32(21)33(34)42)48-44-25-9-3-19(4-10-25)18-1-7-24(8-2-18)43-47-35-30(61(54,55)56)14-20-13-23(41)6-11-26(20)37(35)49/h1-17,43-44H,41-42H2,(H,51,52,53)(H,54,55,56)(H,57,58,59)/b46-45?,47-35+,48-36-. The molecule has 5 aromatic rings. The summed E-state index contributed by atoms with van der Waals surface area (Å²) in [5, 5.41) is 15.9. The van der Waals surface area contributed by atoms with Gasteiger partial charge in [0.15, 0.2) is 11.4 Å². The van der Waals surface area contributed by atoms with E-state index in [1.165, 1.54) is 48.5 Å². The van der Waals surface area contributed by atoms with E-state index in [-0.39, 0.29) is 38.2 Å². The Labute approximate surface area is 361 Å². The number of rotatable bonds is 10. The van der Waals surface area contributed by atoms with Crippen molar-refractivity contribution < 1.29 is 48.5 Å². The molecule has 0 bridgehead atoms. The zero-order chi connectivity index (χ0) is 44.9. The summed E-state index contributed by atoms with van der Waals surface area (Å²) >= 11 is 12.1. The van der Waals surface area contributed by atoms with Crippen LogP contribution in [0.1, 0.15) is 31.8 Å². The molecule has 7 rings (SSSR count). The summed E-state index contributed by atoms with van der Waals surface area (Å²) in [5.74, 6) is -1.93. The van der Waals surface area contributed by atoms with E-state index in [9.17, 15) is 48.5 Å². The van der Waals surface area contributed by atoms with Crippen LogP contribution in [0.3, 0.4) is 0 Å². The molecule has 2 aliphatic rings. The molecule has 0 aromatic heterocycles. The van der Waals surface area contributed by atoms with Gasteiger partial charge in [0, 0.05) is 16.3 Å². The minimum Gasteiger partial charge on any atom is -0.399 e. The molecule has 2 aliphatic carbocycles. The van der Waals surface area contributed by atoms with Gasteiger partial charge in [-0.2, -0.15) is 35.5 Å². The number of fused-ring (bicyclic) bond motifs is 2. The molecule has 0 unspecified atom stereocenters. The summed E-state index contributed by atoms with van der Waals surface area (Å²) in [5.41, 5.74) is 16.0. The van der Waals surface area contributed by atoms with E-state index in [0.29, 0.717) is 16.8 Å². The fourth-order valence-corrected chi connectivity index (χ4v) is 8.45. The van der Waals surface area contributed by atoms with Crippen LogP contribution < -0.4 is 22.3 Å². The highest BCUT2D eigenvalue weighted by molar-refractivity contribution is 7.91. The third-order valence-corrected chi connectivity index (χ3v) is 12.2. The number of ketones is 2. The van der Waals surface area contributed by atoms with Crippen LogP contribution in [-0.2, 0) is 30.4 Å². The number of nitrogen functional groups attached to an aromatic ring is 2. The number of nitrogens with two attached hydrogens (primary N) is 2. The van der Waals surface area contributed by atoms with E-state index in [4.69, 9.17) is 34.7 Å². The summed E-state index contributed by atoms with van der Waals surface area (Å²) in [6.07, 6.45) is 1.84. The summed E-state index contributed by atoms with van der Waals surface area (Å²) in [7, 11) is -15.2. The van der Waals surface area contributed by atoms with Gasteiger partial charge >= 0.3 is 0 Å². The summed E-state index contributed by atoms with van der Waals surface area (Å²) in [6, 6.07) is 21.9. The lowest BCUT2D eigenvalue weighted by Gasteiger charge is -2.20. The normalized spacial score (nSPS) is 15.6. The van der Waals surface area contributed by atoms with Gasteiger partial charge in [0.25, 0.3) is 30.4 Å². The Bertz CT molecular complexity index is 3280. The molecule has 24 heteroatoms. The first-order valence-corrected chi connectivity index (χ1v) is 22.2. The number of Topliss-reactive ketones (excluding diaryl/α,β-unsaturated/α-hetero) is 2. The smallest absolute Gasteiger partial charge is 0.296 e. The summed E-state index contributed by atoms with van der Waals surface area (Å²) in [4.78, 5) is 24.3. The molecular formula is C38H26Cl2N8O11S3. The van der Waals surface area contributed by atoms with Crippen molar-refractivity contribution in [2.24, 2.45) is 20.4 Å². The molecule has 0 saturated heterocycles. The molecule has 0 radical (unpaired) electrons. The number of allylic oxidation sites excluding steroid dienone is 2. The molecule has 5 aromatic carbocycles. The summed E-state index contributed by atoms with van der Waals surface area (Å²) < 4.78 is 104. The molecule has 9 N–H and O–H groups in total. The van der Waals surface area contributed by atoms with Crippen LogP contribution in [0.25, 0.3) is 23.3 Å². The average Bonchev–Trinajstić information content (AvgIpc) is 3.19. The molecule has 0 spiro atoms.